The summed E-state index contributed by atoms with van der Waals surface area (Å²) in [6.07, 6.45) is 3.21. The lowest BCUT2D eigenvalue weighted by atomic mass is 9.87. The molecule has 10 heteroatoms. The highest BCUT2D eigenvalue weighted by Crippen LogP contribution is 2.40. The standard InChI is InChI=1S/C17H15F3N6O/c18-12-2-1-10(25-13-14-23-4-7-26(14)6-3-22-13)9-11(12)17(15(19)20)16(21)27-8-5-24-17/h1-7,9,15-16H,8,21H2,(H,22,25). The van der Waals surface area contributed by atoms with Crippen LogP contribution in [0.25, 0.3) is 5.65 Å². The number of rotatable bonds is 4. The van der Waals surface area contributed by atoms with E-state index in [4.69, 9.17) is 10.5 Å². The Morgan fingerprint density at radius 2 is 2.04 bits per heavy atom. The number of nitrogens with one attached hydrogen (secondary N) is 1. The van der Waals surface area contributed by atoms with Crippen LogP contribution in [0.1, 0.15) is 5.56 Å². The Morgan fingerprint density at radius 1 is 1.26 bits per heavy atom. The molecule has 0 radical (unpaired) electrons. The van der Waals surface area contributed by atoms with Gasteiger partial charge in [-0.2, -0.15) is 0 Å². The van der Waals surface area contributed by atoms with Gasteiger partial charge in [-0.05, 0) is 18.2 Å². The number of imidazole rings is 1. The molecule has 0 bridgehead atoms. The van der Waals surface area contributed by atoms with Gasteiger partial charge in [0.1, 0.15) is 12.0 Å². The monoisotopic (exact) mass is 376 g/mol. The number of nitrogens with zero attached hydrogens (tertiary/aromatic N) is 4. The molecule has 7 nitrogen and oxygen atoms in total. The SMILES string of the molecule is NC1OCC=NC1(c1cc(Nc2nccn3ccnc23)ccc1F)C(F)F. The van der Waals surface area contributed by atoms with Crippen LogP contribution in [-0.4, -0.2) is 39.8 Å². The fourth-order valence-corrected chi connectivity index (χ4v) is 3.05. The quantitative estimate of drug-likeness (QED) is 0.730. The maximum Gasteiger partial charge on any atom is 0.271 e. The fourth-order valence-electron chi connectivity index (χ4n) is 3.05. The van der Waals surface area contributed by atoms with Crippen molar-refractivity contribution in [3.8, 4) is 0 Å². The topological polar surface area (TPSA) is 89.8 Å². The second-order valence-electron chi connectivity index (χ2n) is 5.95. The first-order valence-corrected chi connectivity index (χ1v) is 8.06. The summed E-state index contributed by atoms with van der Waals surface area (Å²) in [5.74, 6) is -0.468. The summed E-state index contributed by atoms with van der Waals surface area (Å²) in [5.41, 5.74) is 3.93. The number of anilines is 2. The number of hydrogen-bond donors (Lipinski definition) is 2. The van der Waals surface area contributed by atoms with Gasteiger partial charge in [0.05, 0.1) is 6.61 Å². The van der Waals surface area contributed by atoms with Crippen LogP contribution in [-0.2, 0) is 10.3 Å². The molecule has 0 aliphatic carbocycles. The van der Waals surface area contributed by atoms with Crippen molar-refractivity contribution in [2.45, 2.75) is 18.2 Å². The molecule has 1 aliphatic rings. The number of nitrogens with two attached hydrogens (primary N) is 1. The van der Waals surface area contributed by atoms with Gasteiger partial charge >= 0.3 is 0 Å². The number of benzene rings is 1. The lowest BCUT2D eigenvalue weighted by molar-refractivity contribution is -0.0663. The van der Waals surface area contributed by atoms with Crippen molar-refractivity contribution in [2.75, 3.05) is 11.9 Å². The minimum absolute atomic E-state index is 0.0129. The smallest absolute Gasteiger partial charge is 0.271 e. The van der Waals surface area contributed by atoms with E-state index in [1.807, 2.05) is 0 Å². The fraction of sp³-hybridized carbons (Fsp3) is 0.235. The molecule has 4 rings (SSSR count). The van der Waals surface area contributed by atoms with Crippen LogP contribution in [0, 0.1) is 5.82 Å². The summed E-state index contributed by atoms with van der Waals surface area (Å²) in [4.78, 5) is 12.2. The van der Waals surface area contributed by atoms with Crippen molar-refractivity contribution in [1.29, 1.82) is 0 Å². The molecule has 140 valence electrons. The molecule has 0 saturated carbocycles. The summed E-state index contributed by atoms with van der Waals surface area (Å²) in [6.45, 7) is -0.0129. The maximum absolute atomic E-state index is 14.5. The van der Waals surface area contributed by atoms with Crippen LogP contribution in [0.15, 0.2) is 48.0 Å². The first-order chi connectivity index (χ1) is 13.0. The van der Waals surface area contributed by atoms with E-state index in [-0.39, 0.29) is 12.2 Å². The number of halogens is 3. The van der Waals surface area contributed by atoms with Crippen molar-refractivity contribution >= 4 is 23.4 Å². The van der Waals surface area contributed by atoms with Crippen molar-refractivity contribution in [3.63, 3.8) is 0 Å². The number of fused-ring (bicyclic) bond motifs is 1. The van der Waals surface area contributed by atoms with Crippen LogP contribution >= 0.6 is 0 Å². The van der Waals surface area contributed by atoms with Crippen molar-refractivity contribution in [1.82, 2.24) is 14.4 Å². The molecular weight excluding hydrogens is 361 g/mol. The molecule has 0 saturated heterocycles. The van der Waals surface area contributed by atoms with E-state index in [1.54, 1.807) is 29.2 Å². The molecule has 27 heavy (non-hydrogen) atoms. The molecule has 1 aromatic carbocycles. The minimum atomic E-state index is -3.07. The molecule has 0 spiro atoms. The predicted octanol–water partition coefficient (Wildman–Crippen LogP) is 2.46. The lowest BCUT2D eigenvalue weighted by Gasteiger charge is -2.37. The van der Waals surface area contributed by atoms with Crippen LogP contribution in [0.3, 0.4) is 0 Å². The second-order valence-corrected chi connectivity index (χ2v) is 5.95. The summed E-state index contributed by atoms with van der Waals surface area (Å²) >= 11 is 0. The van der Waals surface area contributed by atoms with E-state index in [2.05, 4.69) is 20.3 Å². The van der Waals surface area contributed by atoms with Gasteiger partial charge in [-0.25, -0.2) is 23.1 Å². The number of alkyl halides is 2. The summed E-state index contributed by atoms with van der Waals surface area (Å²) in [5, 5.41) is 2.97. The Bertz CT molecular complexity index is 1010. The van der Waals surface area contributed by atoms with Crippen LogP contribution in [0.5, 0.6) is 0 Å². The third-order valence-corrected chi connectivity index (χ3v) is 4.39. The number of aromatic nitrogens is 3. The molecule has 2 atom stereocenters. The molecule has 3 heterocycles. The zero-order chi connectivity index (χ0) is 19.0. The van der Waals surface area contributed by atoms with Gasteiger partial charge in [-0.3, -0.25) is 4.99 Å². The van der Waals surface area contributed by atoms with Crippen LogP contribution < -0.4 is 11.1 Å². The molecule has 3 N–H and O–H groups in total. The second kappa shape index (κ2) is 6.63. The normalized spacial score (nSPS) is 22.5. The lowest BCUT2D eigenvalue weighted by Crippen LogP contribution is -2.53. The average Bonchev–Trinajstić information content (AvgIpc) is 3.14. The summed E-state index contributed by atoms with van der Waals surface area (Å²) in [7, 11) is 0. The third-order valence-electron chi connectivity index (χ3n) is 4.39. The van der Waals surface area contributed by atoms with Crippen molar-refractivity contribution in [2.24, 2.45) is 10.7 Å². The van der Waals surface area contributed by atoms with E-state index >= 15 is 0 Å². The number of hydrogen-bond acceptors (Lipinski definition) is 6. The van der Waals surface area contributed by atoms with Gasteiger partial charge < -0.3 is 20.2 Å². The largest absolute Gasteiger partial charge is 0.355 e. The van der Waals surface area contributed by atoms with Crippen LogP contribution in [0.4, 0.5) is 24.7 Å². The van der Waals surface area contributed by atoms with Crippen molar-refractivity contribution < 1.29 is 17.9 Å². The summed E-state index contributed by atoms with van der Waals surface area (Å²) < 4.78 is 49.2. The average molecular weight is 376 g/mol. The molecule has 2 aromatic heterocycles. The first kappa shape index (κ1) is 17.4. The zero-order valence-electron chi connectivity index (χ0n) is 13.9. The van der Waals surface area contributed by atoms with E-state index in [1.165, 1.54) is 18.3 Å². The molecule has 3 aromatic rings. The van der Waals surface area contributed by atoms with E-state index in [0.717, 1.165) is 6.07 Å². The van der Waals surface area contributed by atoms with Gasteiger partial charge in [-0.15, -0.1) is 0 Å². The third kappa shape index (κ3) is 2.82. The predicted molar refractivity (Wildman–Crippen MR) is 92.8 cm³/mol. The number of ether oxygens (including phenoxy) is 1. The Balaban J connectivity index is 1.79. The van der Waals surface area contributed by atoms with E-state index in [0.29, 0.717) is 17.2 Å². The Labute approximate surface area is 151 Å². The number of aliphatic imine (C=N–C) groups is 1. The minimum Gasteiger partial charge on any atom is -0.355 e. The van der Waals surface area contributed by atoms with Gasteiger partial charge in [-0.1, -0.05) is 0 Å². The van der Waals surface area contributed by atoms with Crippen LogP contribution in [0.2, 0.25) is 0 Å². The molecular formula is C17H15F3N6O. The van der Waals surface area contributed by atoms with Crippen molar-refractivity contribution in [3.05, 3.63) is 54.4 Å². The highest BCUT2D eigenvalue weighted by atomic mass is 19.3. The van der Waals surface area contributed by atoms with Gasteiger partial charge in [0.25, 0.3) is 6.43 Å². The summed E-state index contributed by atoms with van der Waals surface area (Å²) in [6, 6.07) is 3.72. The highest BCUT2D eigenvalue weighted by molar-refractivity contribution is 5.70. The Morgan fingerprint density at radius 3 is 2.78 bits per heavy atom. The highest BCUT2D eigenvalue weighted by Gasteiger charge is 2.51. The molecule has 1 aliphatic heterocycles. The Hall–Kier alpha value is -2.98. The van der Waals surface area contributed by atoms with Gasteiger partial charge in [0.15, 0.2) is 17.0 Å². The van der Waals surface area contributed by atoms with E-state index in [9.17, 15) is 13.2 Å². The van der Waals surface area contributed by atoms with Gasteiger partial charge in [0.2, 0.25) is 0 Å². The van der Waals surface area contributed by atoms with Gasteiger partial charge in [0, 0.05) is 42.3 Å². The Kier molecular flexibility index (Phi) is 4.28. The molecule has 0 fully saturated rings. The van der Waals surface area contributed by atoms with E-state index < -0.39 is 24.0 Å². The zero-order valence-corrected chi connectivity index (χ0v) is 13.9. The maximum atomic E-state index is 14.5. The molecule has 2 unspecified atom stereocenters. The molecule has 0 amide bonds. The first-order valence-electron chi connectivity index (χ1n) is 8.06.